The largest absolute Gasteiger partial charge is 0.466 e. The zero-order chi connectivity index (χ0) is 28.9. The number of amides is 4. The van der Waals surface area contributed by atoms with Crippen molar-refractivity contribution in [2.24, 2.45) is 5.73 Å². The van der Waals surface area contributed by atoms with Crippen molar-refractivity contribution in [2.75, 3.05) is 19.7 Å². The highest BCUT2D eigenvalue weighted by Crippen LogP contribution is 2.26. The summed E-state index contributed by atoms with van der Waals surface area (Å²) in [5, 5.41) is 5.06. The predicted molar refractivity (Wildman–Crippen MR) is 140 cm³/mol. The molecule has 2 atom stereocenters. The second-order valence-corrected chi connectivity index (χ2v) is 9.38. The van der Waals surface area contributed by atoms with Crippen LogP contribution in [0.15, 0.2) is 24.3 Å². The Balaban J connectivity index is 3.45. The molecule has 0 radical (unpaired) electrons. The fourth-order valence-corrected chi connectivity index (χ4v) is 3.59. The molecule has 208 valence electrons. The van der Waals surface area contributed by atoms with Crippen LogP contribution in [0.1, 0.15) is 71.0 Å². The van der Waals surface area contributed by atoms with E-state index in [0.717, 1.165) is 0 Å². The molecular formula is C27H38N4O7. The SMILES string of the molecule is C#Cc1ccccc1C(C(=O)NCCC(=O)OCC)N(CCC)C(=O)C(CC(N)=O)NC(=O)OC(C)(C)C. The van der Waals surface area contributed by atoms with Gasteiger partial charge in [-0.2, -0.15) is 0 Å². The van der Waals surface area contributed by atoms with E-state index in [4.69, 9.17) is 21.6 Å². The van der Waals surface area contributed by atoms with Crippen LogP contribution >= 0.6 is 0 Å². The van der Waals surface area contributed by atoms with Crippen LogP contribution in [0.4, 0.5) is 4.79 Å². The Hall–Kier alpha value is -4.07. The molecule has 0 bridgehead atoms. The highest BCUT2D eigenvalue weighted by atomic mass is 16.6. The molecule has 0 saturated carbocycles. The number of primary amides is 1. The quantitative estimate of drug-likeness (QED) is 0.259. The van der Waals surface area contributed by atoms with E-state index >= 15 is 0 Å². The average molecular weight is 531 g/mol. The number of terminal acetylenes is 1. The zero-order valence-corrected chi connectivity index (χ0v) is 22.7. The maximum atomic E-state index is 13.8. The molecule has 38 heavy (non-hydrogen) atoms. The minimum absolute atomic E-state index is 0.0403. The molecule has 0 saturated heterocycles. The number of carbonyl (C=O) groups is 5. The van der Waals surface area contributed by atoms with Gasteiger partial charge in [0.2, 0.25) is 17.7 Å². The van der Waals surface area contributed by atoms with Gasteiger partial charge in [-0.25, -0.2) is 4.79 Å². The number of ether oxygens (including phenoxy) is 2. The van der Waals surface area contributed by atoms with E-state index in [1.165, 1.54) is 4.90 Å². The first kappa shape index (κ1) is 32.0. The summed E-state index contributed by atoms with van der Waals surface area (Å²) in [6.45, 7) is 8.66. The third kappa shape index (κ3) is 10.5. The smallest absolute Gasteiger partial charge is 0.408 e. The van der Waals surface area contributed by atoms with Crippen molar-refractivity contribution < 1.29 is 33.4 Å². The van der Waals surface area contributed by atoms with E-state index in [-0.39, 0.29) is 26.1 Å². The minimum Gasteiger partial charge on any atom is -0.466 e. The molecule has 0 fully saturated rings. The molecule has 4 N–H and O–H groups in total. The third-order valence-electron chi connectivity index (χ3n) is 5.05. The first-order valence-electron chi connectivity index (χ1n) is 12.4. The predicted octanol–water partition coefficient (Wildman–Crippen LogP) is 1.79. The van der Waals surface area contributed by atoms with E-state index in [2.05, 4.69) is 16.6 Å². The molecule has 0 aliphatic carbocycles. The highest BCUT2D eigenvalue weighted by molar-refractivity contribution is 5.94. The number of benzene rings is 1. The number of nitrogens with zero attached hydrogens (tertiary/aromatic N) is 1. The maximum Gasteiger partial charge on any atom is 0.408 e. The van der Waals surface area contributed by atoms with E-state index in [0.29, 0.717) is 17.5 Å². The fraction of sp³-hybridized carbons (Fsp3) is 0.519. The van der Waals surface area contributed by atoms with Gasteiger partial charge in [-0.3, -0.25) is 19.2 Å². The topological polar surface area (TPSA) is 157 Å². The number of esters is 1. The lowest BCUT2D eigenvalue weighted by atomic mass is 9.97. The van der Waals surface area contributed by atoms with Gasteiger partial charge in [0.15, 0.2) is 0 Å². The molecule has 11 nitrogen and oxygen atoms in total. The van der Waals surface area contributed by atoms with Gasteiger partial charge in [0, 0.05) is 18.7 Å². The van der Waals surface area contributed by atoms with Gasteiger partial charge in [-0.1, -0.05) is 31.0 Å². The van der Waals surface area contributed by atoms with Crippen molar-refractivity contribution >= 4 is 29.8 Å². The molecule has 0 aliphatic rings. The average Bonchev–Trinajstić information content (AvgIpc) is 2.82. The van der Waals surface area contributed by atoms with E-state index in [1.807, 2.05) is 0 Å². The summed E-state index contributed by atoms with van der Waals surface area (Å²) in [5.74, 6) is -0.135. The molecule has 1 rings (SSSR count). The lowest BCUT2D eigenvalue weighted by Crippen LogP contribution is -2.54. The van der Waals surface area contributed by atoms with Crippen molar-refractivity contribution in [3.05, 3.63) is 35.4 Å². The van der Waals surface area contributed by atoms with Gasteiger partial charge in [0.05, 0.1) is 19.4 Å². The van der Waals surface area contributed by atoms with Crippen molar-refractivity contribution in [3.63, 3.8) is 0 Å². The van der Waals surface area contributed by atoms with Crippen molar-refractivity contribution in [3.8, 4) is 12.3 Å². The van der Waals surface area contributed by atoms with Crippen LogP contribution in [0.5, 0.6) is 0 Å². The Bertz CT molecular complexity index is 1040. The van der Waals surface area contributed by atoms with Gasteiger partial charge < -0.3 is 30.7 Å². The number of carbonyl (C=O) groups excluding carboxylic acids is 5. The molecule has 1 aromatic rings. The van der Waals surface area contributed by atoms with Crippen LogP contribution < -0.4 is 16.4 Å². The normalized spacial score (nSPS) is 12.3. The summed E-state index contributed by atoms with van der Waals surface area (Å²) >= 11 is 0. The number of rotatable bonds is 13. The van der Waals surface area contributed by atoms with Crippen LogP contribution in [0.25, 0.3) is 0 Å². The monoisotopic (exact) mass is 530 g/mol. The van der Waals surface area contributed by atoms with Crippen molar-refractivity contribution in [2.45, 2.75) is 71.6 Å². The number of nitrogens with one attached hydrogen (secondary N) is 2. The summed E-state index contributed by atoms with van der Waals surface area (Å²) < 4.78 is 10.1. The number of hydrogen-bond acceptors (Lipinski definition) is 7. The van der Waals surface area contributed by atoms with E-state index in [9.17, 15) is 24.0 Å². The van der Waals surface area contributed by atoms with Crippen LogP contribution in [0.2, 0.25) is 0 Å². The standard InChI is InChI=1S/C27H38N4O7/c1-7-16-31(25(35)20(17-21(28)32)30-26(36)38-27(4,5)6)23(19-13-11-10-12-18(19)8-2)24(34)29-15-14-22(33)37-9-3/h2,10-13,20,23H,7,9,14-17H2,1,3-6H3,(H2,28,32)(H,29,34)(H,30,36). The van der Waals surface area contributed by atoms with Crippen LogP contribution in [-0.2, 0) is 28.7 Å². The molecule has 11 heteroatoms. The zero-order valence-electron chi connectivity index (χ0n) is 22.7. The summed E-state index contributed by atoms with van der Waals surface area (Å²) in [6.07, 6.45) is 4.60. The molecule has 0 heterocycles. The van der Waals surface area contributed by atoms with Gasteiger partial charge in [0.1, 0.15) is 17.7 Å². The van der Waals surface area contributed by atoms with Crippen LogP contribution in [-0.4, -0.2) is 66.0 Å². The lowest BCUT2D eigenvalue weighted by Gasteiger charge is -2.34. The molecule has 0 spiro atoms. The first-order chi connectivity index (χ1) is 17.8. The Labute approximate surface area is 223 Å². The molecule has 4 amide bonds. The molecule has 0 aliphatic heterocycles. The number of hydrogen-bond donors (Lipinski definition) is 3. The minimum atomic E-state index is -1.40. The van der Waals surface area contributed by atoms with E-state index < -0.39 is 53.9 Å². The van der Waals surface area contributed by atoms with Gasteiger partial charge in [-0.05, 0) is 45.7 Å². The Morgan fingerprint density at radius 3 is 2.34 bits per heavy atom. The van der Waals surface area contributed by atoms with Gasteiger partial charge >= 0.3 is 12.1 Å². The molecule has 2 unspecified atom stereocenters. The second kappa shape index (κ2) is 15.2. The maximum absolute atomic E-state index is 13.8. The number of alkyl carbamates (subject to hydrolysis) is 1. The van der Waals surface area contributed by atoms with Gasteiger partial charge in [-0.15, -0.1) is 6.42 Å². The molecular weight excluding hydrogens is 492 g/mol. The number of nitrogens with two attached hydrogens (primary N) is 1. The summed E-state index contributed by atoms with van der Waals surface area (Å²) in [5.41, 5.74) is 5.24. The summed E-state index contributed by atoms with van der Waals surface area (Å²) in [4.78, 5) is 64.5. The van der Waals surface area contributed by atoms with Crippen LogP contribution in [0.3, 0.4) is 0 Å². The Morgan fingerprint density at radius 2 is 1.79 bits per heavy atom. The van der Waals surface area contributed by atoms with Gasteiger partial charge in [0.25, 0.3) is 0 Å². The Kier molecular flexibility index (Phi) is 12.8. The lowest BCUT2D eigenvalue weighted by molar-refractivity contribution is -0.144. The van der Waals surface area contributed by atoms with Crippen molar-refractivity contribution in [1.82, 2.24) is 15.5 Å². The third-order valence-corrected chi connectivity index (χ3v) is 5.05. The van der Waals surface area contributed by atoms with Crippen molar-refractivity contribution in [1.29, 1.82) is 0 Å². The van der Waals surface area contributed by atoms with Crippen LogP contribution in [0, 0.1) is 12.3 Å². The van der Waals surface area contributed by atoms with E-state index in [1.54, 1.807) is 58.9 Å². The molecule has 1 aromatic carbocycles. The Morgan fingerprint density at radius 1 is 1.13 bits per heavy atom. The fourth-order valence-electron chi connectivity index (χ4n) is 3.59. The molecule has 0 aromatic heterocycles. The highest BCUT2D eigenvalue weighted by Gasteiger charge is 2.37. The summed E-state index contributed by atoms with van der Waals surface area (Å²) in [6, 6.07) is 3.98. The summed E-state index contributed by atoms with van der Waals surface area (Å²) in [7, 11) is 0. The first-order valence-corrected chi connectivity index (χ1v) is 12.4. The second-order valence-electron chi connectivity index (χ2n) is 9.38.